The van der Waals surface area contributed by atoms with Gasteiger partial charge in [-0.15, -0.1) is 0 Å². The Kier molecular flexibility index (Phi) is 7.55. The Balaban J connectivity index is 1.52. The first-order chi connectivity index (χ1) is 13.2. The van der Waals surface area contributed by atoms with Crippen LogP contribution >= 0.6 is 0 Å². The van der Waals surface area contributed by atoms with E-state index in [-0.39, 0.29) is 0 Å². The van der Waals surface area contributed by atoms with Crippen molar-refractivity contribution in [3.05, 3.63) is 59.7 Å². The van der Waals surface area contributed by atoms with Gasteiger partial charge in [0.15, 0.2) is 11.5 Å². The molecule has 27 heavy (non-hydrogen) atoms. The molecule has 0 aromatic heterocycles. The second-order valence-corrected chi connectivity index (χ2v) is 7.24. The fraction of sp³-hybridized carbons (Fsp3) is 0.478. The summed E-state index contributed by atoms with van der Waals surface area (Å²) in [6, 6.07) is 16.6. The number of aryl methyl sites for hydroxylation is 1. The van der Waals surface area contributed by atoms with Crippen LogP contribution in [-0.2, 0) is 13.0 Å². The lowest BCUT2D eigenvalue weighted by Crippen LogP contribution is -2.44. The van der Waals surface area contributed by atoms with Gasteiger partial charge in [0.2, 0.25) is 0 Å². The van der Waals surface area contributed by atoms with E-state index in [9.17, 15) is 0 Å². The van der Waals surface area contributed by atoms with Gasteiger partial charge >= 0.3 is 0 Å². The molecule has 1 aliphatic heterocycles. The fourth-order valence-electron chi connectivity index (χ4n) is 3.41. The first kappa shape index (κ1) is 19.7. The van der Waals surface area contributed by atoms with Crippen molar-refractivity contribution in [2.24, 2.45) is 0 Å². The van der Waals surface area contributed by atoms with Gasteiger partial charge in [-0.1, -0.05) is 36.4 Å². The summed E-state index contributed by atoms with van der Waals surface area (Å²) in [6.07, 6.45) is 2.25. The molecular formula is C23H32N2O2. The zero-order valence-corrected chi connectivity index (χ0v) is 16.7. The molecule has 2 aromatic carbocycles. The molecule has 2 aromatic rings. The molecule has 0 N–H and O–H groups in total. The van der Waals surface area contributed by atoms with E-state index >= 15 is 0 Å². The minimum absolute atomic E-state index is 0.559. The Morgan fingerprint density at radius 2 is 1.63 bits per heavy atom. The highest BCUT2D eigenvalue weighted by atomic mass is 16.5. The van der Waals surface area contributed by atoms with E-state index in [1.54, 1.807) is 0 Å². The van der Waals surface area contributed by atoms with Crippen molar-refractivity contribution in [2.45, 2.75) is 26.4 Å². The second-order valence-electron chi connectivity index (χ2n) is 7.24. The number of hydrogen-bond acceptors (Lipinski definition) is 4. The van der Waals surface area contributed by atoms with Gasteiger partial charge in [0.05, 0.1) is 6.61 Å². The molecule has 1 heterocycles. The third-order valence-corrected chi connectivity index (χ3v) is 5.08. The molecule has 4 heteroatoms. The van der Waals surface area contributed by atoms with Crippen molar-refractivity contribution < 1.29 is 9.47 Å². The summed E-state index contributed by atoms with van der Waals surface area (Å²) >= 11 is 0. The highest BCUT2D eigenvalue weighted by Crippen LogP contribution is 2.29. The number of piperazine rings is 1. The summed E-state index contributed by atoms with van der Waals surface area (Å²) in [4.78, 5) is 4.97. The van der Waals surface area contributed by atoms with Crippen LogP contribution in [0.4, 0.5) is 0 Å². The van der Waals surface area contributed by atoms with Gasteiger partial charge in [0, 0.05) is 26.2 Å². The highest BCUT2D eigenvalue weighted by molar-refractivity contribution is 5.43. The summed E-state index contributed by atoms with van der Waals surface area (Å²) in [5.74, 6) is 1.68. The lowest BCUT2D eigenvalue weighted by Gasteiger charge is -2.32. The van der Waals surface area contributed by atoms with Crippen LogP contribution in [0.2, 0.25) is 0 Å². The number of hydrogen-bond donors (Lipinski definition) is 0. The van der Waals surface area contributed by atoms with Crippen LogP contribution in [0, 0.1) is 0 Å². The van der Waals surface area contributed by atoms with E-state index in [0.29, 0.717) is 13.2 Å². The summed E-state index contributed by atoms with van der Waals surface area (Å²) < 4.78 is 11.8. The Morgan fingerprint density at radius 1 is 0.852 bits per heavy atom. The predicted octanol–water partition coefficient (Wildman–Crippen LogP) is 3.84. The number of likely N-dealkylation sites (N-methyl/N-ethyl adjacent to an activating group) is 1. The van der Waals surface area contributed by atoms with Gasteiger partial charge in [-0.25, -0.2) is 0 Å². The molecule has 0 bridgehead atoms. The third-order valence-electron chi connectivity index (χ3n) is 5.08. The molecule has 1 fully saturated rings. The molecule has 1 saturated heterocycles. The molecule has 1 aliphatic rings. The largest absolute Gasteiger partial charge is 0.490 e. The smallest absolute Gasteiger partial charge is 0.161 e. The van der Waals surface area contributed by atoms with Gasteiger partial charge in [-0.2, -0.15) is 0 Å². The van der Waals surface area contributed by atoms with Gasteiger partial charge < -0.3 is 19.3 Å². The van der Waals surface area contributed by atoms with Crippen molar-refractivity contribution in [2.75, 3.05) is 46.4 Å². The molecule has 0 radical (unpaired) electrons. The van der Waals surface area contributed by atoms with Gasteiger partial charge in [-0.3, -0.25) is 0 Å². The van der Waals surface area contributed by atoms with Crippen LogP contribution in [0.5, 0.6) is 11.5 Å². The first-order valence-corrected chi connectivity index (χ1v) is 10.1. The van der Waals surface area contributed by atoms with Crippen LogP contribution in [0.3, 0.4) is 0 Å². The molecular weight excluding hydrogens is 336 g/mol. The third kappa shape index (κ3) is 6.26. The van der Waals surface area contributed by atoms with E-state index in [1.807, 2.05) is 25.1 Å². The van der Waals surface area contributed by atoms with Crippen LogP contribution in [-0.4, -0.2) is 56.2 Å². The molecule has 0 spiro atoms. The molecule has 0 atom stereocenters. The summed E-state index contributed by atoms with van der Waals surface area (Å²) in [5, 5.41) is 0. The number of ether oxygens (including phenoxy) is 2. The maximum atomic E-state index is 6.00. The van der Waals surface area contributed by atoms with E-state index in [0.717, 1.165) is 23.5 Å². The van der Waals surface area contributed by atoms with Crippen LogP contribution in [0.1, 0.15) is 24.5 Å². The highest BCUT2D eigenvalue weighted by Gasteiger charge is 2.13. The normalized spacial score (nSPS) is 15.6. The average molecular weight is 369 g/mol. The number of rotatable bonds is 9. The Bertz CT molecular complexity index is 682. The summed E-state index contributed by atoms with van der Waals surface area (Å²) in [6.45, 7) is 9.13. The predicted molar refractivity (Wildman–Crippen MR) is 111 cm³/mol. The summed E-state index contributed by atoms with van der Waals surface area (Å²) in [7, 11) is 2.20. The van der Waals surface area contributed by atoms with Crippen LogP contribution < -0.4 is 9.47 Å². The lowest BCUT2D eigenvalue weighted by molar-refractivity contribution is 0.153. The van der Waals surface area contributed by atoms with Crippen molar-refractivity contribution >= 4 is 0 Å². The molecule has 0 amide bonds. The van der Waals surface area contributed by atoms with Crippen molar-refractivity contribution in [3.8, 4) is 11.5 Å². The molecule has 3 rings (SSSR count). The standard InChI is InChI=1S/C23H32N2O2/c1-3-26-23-18-20(10-7-13-25-16-14-24(2)15-17-25)11-12-22(23)27-19-21-8-5-4-6-9-21/h4-6,8-9,11-12,18H,3,7,10,13-17,19H2,1-2H3. The van der Waals surface area contributed by atoms with Gasteiger partial charge in [-0.05, 0) is 56.6 Å². The van der Waals surface area contributed by atoms with Crippen LogP contribution in [0.25, 0.3) is 0 Å². The van der Waals surface area contributed by atoms with Crippen LogP contribution in [0.15, 0.2) is 48.5 Å². The van der Waals surface area contributed by atoms with Gasteiger partial charge in [0.25, 0.3) is 0 Å². The van der Waals surface area contributed by atoms with E-state index in [2.05, 4.69) is 47.2 Å². The minimum atomic E-state index is 0.559. The molecule has 0 aliphatic carbocycles. The first-order valence-electron chi connectivity index (χ1n) is 10.1. The number of nitrogens with zero attached hydrogens (tertiary/aromatic N) is 2. The van der Waals surface area contributed by atoms with E-state index in [1.165, 1.54) is 44.7 Å². The summed E-state index contributed by atoms with van der Waals surface area (Å²) in [5.41, 5.74) is 2.48. The lowest BCUT2D eigenvalue weighted by atomic mass is 10.1. The number of benzene rings is 2. The van der Waals surface area contributed by atoms with E-state index in [4.69, 9.17) is 9.47 Å². The fourth-order valence-corrected chi connectivity index (χ4v) is 3.41. The van der Waals surface area contributed by atoms with Crippen molar-refractivity contribution in [1.29, 1.82) is 0 Å². The van der Waals surface area contributed by atoms with E-state index < -0.39 is 0 Å². The Morgan fingerprint density at radius 3 is 2.37 bits per heavy atom. The minimum Gasteiger partial charge on any atom is -0.490 e. The Labute approximate surface area is 163 Å². The maximum absolute atomic E-state index is 6.00. The topological polar surface area (TPSA) is 24.9 Å². The Hall–Kier alpha value is -2.04. The maximum Gasteiger partial charge on any atom is 0.161 e. The second kappa shape index (κ2) is 10.3. The molecule has 0 unspecified atom stereocenters. The quantitative estimate of drug-likeness (QED) is 0.671. The monoisotopic (exact) mass is 368 g/mol. The zero-order valence-electron chi connectivity index (χ0n) is 16.7. The molecule has 146 valence electrons. The SMILES string of the molecule is CCOc1cc(CCCN2CCN(C)CC2)ccc1OCc1ccccc1. The average Bonchev–Trinajstić information content (AvgIpc) is 2.70. The molecule has 0 saturated carbocycles. The zero-order chi connectivity index (χ0) is 18.9. The molecule has 4 nitrogen and oxygen atoms in total. The van der Waals surface area contributed by atoms with Gasteiger partial charge in [0.1, 0.15) is 6.61 Å². The van der Waals surface area contributed by atoms with Crippen molar-refractivity contribution in [3.63, 3.8) is 0 Å². The van der Waals surface area contributed by atoms with Crippen molar-refractivity contribution in [1.82, 2.24) is 9.80 Å².